The monoisotopic (exact) mass is 249 g/mol. The minimum Gasteiger partial charge on any atom is -0.302 e. The van der Waals surface area contributed by atoms with E-state index in [0.29, 0.717) is 0 Å². The molecule has 0 aliphatic carbocycles. The molecule has 90 valence electrons. The second kappa shape index (κ2) is 4.58. The predicted octanol–water partition coefficient (Wildman–Crippen LogP) is 1.95. The molecule has 0 bridgehead atoms. The van der Waals surface area contributed by atoms with E-state index in [0.717, 1.165) is 42.9 Å². The fourth-order valence-electron chi connectivity index (χ4n) is 2.43. The molecule has 2 aromatic rings. The van der Waals surface area contributed by atoms with E-state index < -0.39 is 0 Å². The summed E-state index contributed by atoms with van der Waals surface area (Å²) >= 11 is 1.64. The second-order valence-corrected chi connectivity index (χ2v) is 5.37. The summed E-state index contributed by atoms with van der Waals surface area (Å²) in [6.07, 6.45) is 8.50. The Hall–Kier alpha value is -1.20. The highest BCUT2D eigenvalue weighted by molar-refractivity contribution is 7.15. The van der Waals surface area contributed by atoms with Gasteiger partial charge in [0.2, 0.25) is 0 Å². The number of hydrogen-bond acceptors (Lipinski definition) is 4. The average Bonchev–Trinajstić information content (AvgIpc) is 2.90. The number of imidazole rings is 1. The van der Waals surface area contributed by atoms with E-state index in [-0.39, 0.29) is 6.04 Å². The van der Waals surface area contributed by atoms with Gasteiger partial charge in [-0.25, -0.2) is 4.98 Å². The molecule has 1 aliphatic heterocycles. The minimum absolute atomic E-state index is 0.0866. The van der Waals surface area contributed by atoms with Crippen LogP contribution in [0.5, 0.6) is 0 Å². The lowest BCUT2D eigenvalue weighted by Gasteiger charge is -2.31. The quantitative estimate of drug-likeness (QED) is 0.780. The molecule has 0 saturated carbocycles. The van der Waals surface area contributed by atoms with Crippen LogP contribution in [0.25, 0.3) is 4.96 Å². The lowest BCUT2D eigenvalue weighted by Crippen LogP contribution is -2.39. The first kappa shape index (κ1) is 10.9. The van der Waals surface area contributed by atoms with Crippen molar-refractivity contribution in [1.29, 1.82) is 0 Å². The van der Waals surface area contributed by atoms with Gasteiger partial charge in [0.05, 0.1) is 11.7 Å². The van der Waals surface area contributed by atoms with Gasteiger partial charge < -0.3 is 4.79 Å². The van der Waals surface area contributed by atoms with Gasteiger partial charge in [-0.15, -0.1) is 11.3 Å². The van der Waals surface area contributed by atoms with Gasteiger partial charge in [0.25, 0.3) is 0 Å². The van der Waals surface area contributed by atoms with Crippen LogP contribution in [0, 0.1) is 0 Å². The van der Waals surface area contributed by atoms with E-state index in [4.69, 9.17) is 0 Å². The maximum Gasteiger partial charge on any atom is 0.193 e. The Kier molecular flexibility index (Phi) is 2.94. The summed E-state index contributed by atoms with van der Waals surface area (Å²) in [5.74, 6) is 0. The summed E-state index contributed by atoms with van der Waals surface area (Å²) in [5.41, 5.74) is 1.06. The molecule has 2 aromatic heterocycles. The first-order valence-electron chi connectivity index (χ1n) is 5.97. The van der Waals surface area contributed by atoms with Gasteiger partial charge in [0.1, 0.15) is 6.29 Å². The van der Waals surface area contributed by atoms with Gasteiger partial charge in [-0.05, 0) is 19.4 Å². The van der Waals surface area contributed by atoms with Crippen molar-refractivity contribution < 1.29 is 4.79 Å². The van der Waals surface area contributed by atoms with Crippen molar-refractivity contribution in [2.45, 2.75) is 31.8 Å². The Bertz CT molecular complexity index is 490. The predicted molar refractivity (Wildman–Crippen MR) is 67.2 cm³/mol. The van der Waals surface area contributed by atoms with Crippen LogP contribution in [0.4, 0.5) is 0 Å². The molecule has 0 spiro atoms. The minimum atomic E-state index is 0.0866. The number of likely N-dealkylation sites (tertiary alicyclic amines) is 1. The summed E-state index contributed by atoms with van der Waals surface area (Å²) in [6, 6.07) is 0.0866. The van der Waals surface area contributed by atoms with Crippen molar-refractivity contribution in [2.24, 2.45) is 0 Å². The molecule has 5 heteroatoms. The van der Waals surface area contributed by atoms with E-state index in [2.05, 4.69) is 16.1 Å². The Morgan fingerprint density at radius 3 is 3.29 bits per heavy atom. The van der Waals surface area contributed by atoms with Crippen LogP contribution in [0.2, 0.25) is 0 Å². The van der Waals surface area contributed by atoms with Crippen LogP contribution >= 0.6 is 11.3 Å². The first-order chi connectivity index (χ1) is 8.36. The van der Waals surface area contributed by atoms with Crippen LogP contribution in [0.1, 0.15) is 25.0 Å². The number of rotatable bonds is 3. The topological polar surface area (TPSA) is 37.6 Å². The maximum absolute atomic E-state index is 11.0. The number of aromatic nitrogens is 2. The number of nitrogens with zero attached hydrogens (tertiary/aromatic N) is 3. The fourth-order valence-corrected chi connectivity index (χ4v) is 3.15. The van der Waals surface area contributed by atoms with Crippen LogP contribution in [-0.2, 0) is 11.3 Å². The van der Waals surface area contributed by atoms with Crippen molar-refractivity contribution in [2.75, 3.05) is 6.54 Å². The summed E-state index contributed by atoms with van der Waals surface area (Å²) in [5, 5.41) is 2.03. The molecular formula is C12H15N3OS. The molecule has 1 aliphatic rings. The molecule has 1 unspecified atom stereocenters. The molecule has 17 heavy (non-hydrogen) atoms. The molecule has 0 N–H and O–H groups in total. The largest absolute Gasteiger partial charge is 0.302 e. The molecule has 0 amide bonds. The molecule has 0 radical (unpaired) electrons. The summed E-state index contributed by atoms with van der Waals surface area (Å²) < 4.78 is 2.04. The summed E-state index contributed by atoms with van der Waals surface area (Å²) in [4.78, 5) is 18.8. The third-order valence-electron chi connectivity index (χ3n) is 3.33. The number of thiazole rings is 1. The van der Waals surface area contributed by atoms with E-state index in [1.807, 2.05) is 16.0 Å². The van der Waals surface area contributed by atoms with Gasteiger partial charge in [0, 0.05) is 24.3 Å². The number of carbonyl (C=O) groups is 1. The molecule has 1 fully saturated rings. The van der Waals surface area contributed by atoms with Gasteiger partial charge in [0.15, 0.2) is 4.96 Å². The number of hydrogen-bond donors (Lipinski definition) is 0. The molecule has 3 rings (SSSR count). The number of carbonyl (C=O) groups excluding carboxylic acids is 1. The van der Waals surface area contributed by atoms with Gasteiger partial charge in [-0.1, -0.05) is 6.42 Å². The van der Waals surface area contributed by atoms with Gasteiger partial charge in [-0.3, -0.25) is 9.30 Å². The Balaban J connectivity index is 1.76. The molecule has 0 aromatic carbocycles. The molecule has 1 saturated heterocycles. The normalized spacial score (nSPS) is 22.0. The van der Waals surface area contributed by atoms with Crippen LogP contribution < -0.4 is 0 Å². The Morgan fingerprint density at radius 1 is 1.53 bits per heavy atom. The lowest BCUT2D eigenvalue weighted by atomic mass is 10.0. The van der Waals surface area contributed by atoms with Crippen molar-refractivity contribution in [1.82, 2.24) is 14.3 Å². The molecular weight excluding hydrogens is 234 g/mol. The third kappa shape index (κ3) is 2.12. The number of fused-ring (bicyclic) bond motifs is 1. The average molecular weight is 249 g/mol. The first-order valence-corrected chi connectivity index (χ1v) is 6.85. The van der Waals surface area contributed by atoms with Crippen LogP contribution in [0.3, 0.4) is 0 Å². The smallest absolute Gasteiger partial charge is 0.193 e. The summed E-state index contributed by atoms with van der Waals surface area (Å²) in [6.45, 7) is 1.80. The zero-order chi connectivity index (χ0) is 11.7. The Labute approximate surface area is 104 Å². The highest BCUT2D eigenvalue weighted by atomic mass is 32.1. The molecule has 4 nitrogen and oxygen atoms in total. The Morgan fingerprint density at radius 2 is 2.47 bits per heavy atom. The maximum atomic E-state index is 11.0. The lowest BCUT2D eigenvalue weighted by molar-refractivity contribution is -0.113. The van der Waals surface area contributed by atoms with Crippen molar-refractivity contribution >= 4 is 22.6 Å². The molecule has 3 heterocycles. The SMILES string of the molecule is O=CC1CCCCN1Cc1cn2ccsc2n1. The highest BCUT2D eigenvalue weighted by Crippen LogP contribution is 2.19. The van der Waals surface area contributed by atoms with Crippen molar-refractivity contribution in [3.05, 3.63) is 23.5 Å². The zero-order valence-electron chi connectivity index (χ0n) is 9.58. The van der Waals surface area contributed by atoms with Crippen molar-refractivity contribution in [3.63, 3.8) is 0 Å². The highest BCUT2D eigenvalue weighted by Gasteiger charge is 2.22. The third-order valence-corrected chi connectivity index (χ3v) is 4.10. The number of aldehydes is 1. The van der Waals surface area contributed by atoms with Crippen molar-refractivity contribution in [3.8, 4) is 0 Å². The summed E-state index contributed by atoms with van der Waals surface area (Å²) in [7, 11) is 0. The number of piperidine rings is 1. The van der Waals surface area contributed by atoms with Crippen LogP contribution in [0.15, 0.2) is 17.8 Å². The van der Waals surface area contributed by atoms with E-state index in [9.17, 15) is 4.79 Å². The van der Waals surface area contributed by atoms with E-state index in [1.165, 1.54) is 6.42 Å². The van der Waals surface area contributed by atoms with Crippen LogP contribution in [-0.4, -0.2) is 33.2 Å². The van der Waals surface area contributed by atoms with E-state index in [1.54, 1.807) is 11.3 Å². The van der Waals surface area contributed by atoms with E-state index >= 15 is 0 Å². The second-order valence-electron chi connectivity index (χ2n) is 4.49. The van der Waals surface area contributed by atoms with Gasteiger partial charge >= 0.3 is 0 Å². The van der Waals surface area contributed by atoms with Gasteiger partial charge in [-0.2, -0.15) is 0 Å². The standard InChI is InChI=1S/C12H15N3OS/c16-9-11-3-1-2-4-14(11)7-10-8-15-5-6-17-12(15)13-10/h5-6,8-9,11H,1-4,7H2. The zero-order valence-corrected chi connectivity index (χ0v) is 10.4. The fraction of sp³-hybridized carbons (Fsp3) is 0.500. The molecule has 1 atom stereocenters.